The van der Waals surface area contributed by atoms with E-state index in [0.29, 0.717) is 17.6 Å². The van der Waals surface area contributed by atoms with E-state index in [0.717, 1.165) is 22.6 Å². The van der Waals surface area contributed by atoms with Crippen LogP contribution in [0.5, 0.6) is 5.75 Å². The summed E-state index contributed by atoms with van der Waals surface area (Å²) in [6, 6.07) is 19.3. The number of carbonyl (C=O) groups is 1. The smallest absolute Gasteiger partial charge is 0.250 e. The van der Waals surface area contributed by atoms with Crippen molar-refractivity contribution in [3.63, 3.8) is 0 Å². The maximum atomic E-state index is 12.4. The third-order valence-electron chi connectivity index (χ3n) is 4.77. The normalized spacial score (nSPS) is 11.0. The van der Waals surface area contributed by atoms with Gasteiger partial charge in [0.25, 0.3) is 5.91 Å². The molecule has 0 saturated carbocycles. The van der Waals surface area contributed by atoms with Gasteiger partial charge in [0.2, 0.25) is 0 Å². The number of hydrogen-bond acceptors (Lipinski definition) is 7. The molecule has 9 heteroatoms. The summed E-state index contributed by atoms with van der Waals surface area (Å²) >= 11 is 1.28. The molecule has 172 valence electrons. The van der Waals surface area contributed by atoms with Crippen molar-refractivity contribution in [3.05, 3.63) is 84.2 Å². The molecule has 0 bridgehead atoms. The van der Waals surface area contributed by atoms with E-state index < -0.39 is 0 Å². The lowest BCUT2D eigenvalue weighted by Crippen LogP contribution is -2.20. The minimum atomic E-state index is -0.238. The zero-order valence-corrected chi connectivity index (χ0v) is 19.7. The van der Waals surface area contributed by atoms with E-state index in [-0.39, 0.29) is 11.7 Å². The summed E-state index contributed by atoms with van der Waals surface area (Å²) in [7, 11) is 0. The Morgan fingerprint density at radius 3 is 2.62 bits per heavy atom. The van der Waals surface area contributed by atoms with Gasteiger partial charge in [-0.25, -0.2) is 5.43 Å². The van der Waals surface area contributed by atoms with Crippen LogP contribution in [0.15, 0.2) is 83.3 Å². The molecule has 4 aromatic rings. The molecule has 2 aromatic heterocycles. The Bertz CT molecular complexity index is 1260. The number of nitrogens with one attached hydrogen (secondary N) is 1. The molecule has 1 N–H and O–H groups in total. The Morgan fingerprint density at radius 1 is 1.12 bits per heavy atom. The van der Waals surface area contributed by atoms with Gasteiger partial charge >= 0.3 is 0 Å². The number of benzene rings is 2. The van der Waals surface area contributed by atoms with Crippen molar-refractivity contribution >= 4 is 23.9 Å². The summed E-state index contributed by atoms with van der Waals surface area (Å²) in [6.07, 6.45) is 5.05. The first-order valence-corrected chi connectivity index (χ1v) is 11.7. The number of aryl methyl sites for hydroxylation is 1. The summed E-state index contributed by atoms with van der Waals surface area (Å²) in [6.45, 7) is 4.56. The number of pyridine rings is 1. The monoisotopic (exact) mass is 472 g/mol. The van der Waals surface area contributed by atoms with Gasteiger partial charge in [-0.2, -0.15) is 5.10 Å². The molecule has 0 fully saturated rings. The zero-order chi connectivity index (χ0) is 23.8. The lowest BCUT2D eigenvalue weighted by molar-refractivity contribution is -0.118. The van der Waals surface area contributed by atoms with Crippen molar-refractivity contribution in [3.8, 4) is 22.8 Å². The summed E-state index contributed by atoms with van der Waals surface area (Å²) in [5.41, 5.74) is 6.32. The molecule has 0 saturated heterocycles. The molecule has 0 radical (unpaired) electrons. The Kier molecular flexibility index (Phi) is 7.67. The summed E-state index contributed by atoms with van der Waals surface area (Å²) < 4.78 is 7.46. The largest absolute Gasteiger partial charge is 0.494 e. The molecule has 0 atom stereocenters. The Morgan fingerprint density at radius 2 is 1.91 bits per heavy atom. The third kappa shape index (κ3) is 5.87. The van der Waals surface area contributed by atoms with Crippen molar-refractivity contribution in [2.75, 3.05) is 12.4 Å². The average molecular weight is 473 g/mol. The number of amides is 1. The molecule has 4 rings (SSSR count). The van der Waals surface area contributed by atoms with Crippen LogP contribution in [0.4, 0.5) is 0 Å². The minimum Gasteiger partial charge on any atom is -0.494 e. The van der Waals surface area contributed by atoms with Crippen molar-refractivity contribution in [1.29, 1.82) is 0 Å². The van der Waals surface area contributed by atoms with Crippen LogP contribution in [-0.4, -0.2) is 44.2 Å². The number of carbonyl (C=O) groups excluding carboxylic acids is 1. The fourth-order valence-electron chi connectivity index (χ4n) is 3.13. The minimum absolute atomic E-state index is 0.132. The fourth-order valence-corrected chi connectivity index (χ4v) is 3.87. The summed E-state index contributed by atoms with van der Waals surface area (Å²) in [5, 5.41) is 13.3. The Hall–Kier alpha value is -3.98. The first-order valence-electron chi connectivity index (χ1n) is 10.7. The van der Waals surface area contributed by atoms with Gasteiger partial charge in [0.05, 0.1) is 18.6 Å². The number of rotatable bonds is 9. The number of aromatic nitrogens is 4. The molecule has 0 spiro atoms. The molecule has 1 amide bonds. The van der Waals surface area contributed by atoms with Crippen LogP contribution in [0, 0.1) is 6.92 Å². The van der Waals surface area contributed by atoms with Crippen molar-refractivity contribution in [2.45, 2.75) is 19.0 Å². The van der Waals surface area contributed by atoms with E-state index in [4.69, 9.17) is 4.74 Å². The van der Waals surface area contributed by atoms with Crippen LogP contribution >= 0.6 is 11.8 Å². The van der Waals surface area contributed by atoms with Gasteiger partial charge in [-0.3, -0.25) is 14.3 Å². The van der Waals surface area contributed by atoms with Gasteiger partial charge in [0.1, 0.15) is 5.75 Å². The molecule has 0 aliphatic rings. The lowest BCUT2D eigenvalue weighted by Gasteiger charge is -2.11. The van der Waals surface area contributed by atoms with Gasteiger partial charge in [-0.15, -0.1) is 10.2 Å². The summed E-state index contributed by atoms with van der Waals surface area (Å²) in [4.78, 5) is 16.6. The second-order valence-electron chi connectivity index (χ2n) is 7.30. The van der Waals surface area contributed by atoms with E-state index in [1.807, 2.05) is 79.1 Å². The van der Waals surface area contributed by atoms with Crippen LogP contribution in [0.2, 0.25) is 0 Å². The van der Waals surface area contributed by atoms with Gasteiger partial charge in [0.15, 0.2) is 11.0 Å². The quantitative estimate of drug-likeness (QED) is 0.222. The molecule has 2 heterocycles. The number of thioether (sulfide) groups is 1. The first kappa shape index (κ1) is 23.2. The topological polar surface area (TPSA) is 94.3 Å². The molecule has 0 aliphatic heterocycles. The molecule has 8 nitrogen and oxygen atoms in total. The predicted octanol–water partition coefficient (Wildman–Crippen LogP) is 4.28. The van der Waals surface area contributed by atoms with E-state index in [9.17, 15) is 4.79 Å². The van der Waals surface area contributed by atoms with Crippen molar-refractivity contribution < 1.29 is 9.53 Å². The summed E-state index contributed by atoms with van der Waals surface area (Å²) in [5.74, 6) is 1.31. The molecular weight excluding hydrogens is 448 g/mol. The number of hydrazone groups is 1. The maximum absolute atomic E-state index is 12.4. The predicted molar refractivity (Wildman–Crippen MR) is 133 cm³/mol. The van der Waals surface area contributed by atoms with Crippen LogP contribution in [0.3, 0.4) is 0 Å². The van der Waals surface area contributed by atoms with Gasteiger partial charge in [-0.05, 0) is 55.8 Å². The molecule has 0 unspecified atom stereocenters. The highest BCUT2D eigenvalue weighted by atomic mass is 32.2. The standard InChI is InChI=1S/C25H24N6O2S/c1-3-33-22-12-10-21(11-13-22)31-24(20-5-4-14-26-16-20)29-30-25(31)34-17-23(32)28-27-15-19-8-6-18(2)7-9-19/h4-16H,3,17H2,1-2H3,(H,28,32)/b27-15-. The fraction of sp³-hybridized carbons (Fsp3) is 0.160. The van der Waals surface area contributed by atoms with E-state index in [1.165, 1.54) is 17.3 Å². The van der Waals surface area contributed by atoms with E-state index in [1.54, 1.807) is 18.6 Å². The highest BCUT2D eigenvalue weighted by Crippen LogP contribution is 2.28. The van der Waals surface area contributed by atoms with Crippen LogP contribution in [0.1, 0.15) is 18.1 Å². The zero-order valence-electron chi connectivity index (χ0n) is 18.9. The SMILES string of the molecule is CCOc1ccc(-n2c(SCC(=O)N/N=C\c3ccc(C)cc3)nnc2-c2cccnc2)cc1. The molecule has 0 aliphatic carbocycles. The van der Waals surface area contributed by atoms with Gasteiger partial charge < -0.3 is 4.74 Å². The van der Waals surface area contributed by atoms with E-state index in [2.05, 4.69) is 25.7 Å². The van der Waals surface area contributed by atoms with Crippen LogP contribution in [-0.2, 0) is 4.79 Å². The van der Waals surface area contributed by atoms with E-state index >= 15 is 0 Å². The van der Waals surface area contributed by atoms with Crippen molar-refractivity contribution in [1.82, 2.24) is 25.2 Å². The second-order valence-corrected chi connectivity index (χ2v) is 8.25. The van der Waals surface area contributed by atoms with Crippen LogP contribution < -0.4 is 10.2 Å². The maximum Gasteiger partial charge on any atom is 0.250 e. The highest BCUT2D eigenvalue weighted by molar-refractivity contribution is 7.99. The van der Waals surface area contributed by atoms with Gasteiger partial charge in [0, 0.05) is 23.6 Å². The second kappa shape index (κ2) is 11.2. The third-order valence-corrected chi connectivity index (χ3v) is 5.70. The number of hydrogen-bond donors (Lipinski definition) is 1. The lowest BCUT2D eigenvalue weighted by atomic mass is 10.2. The highest BCUT2D eigenvalue weighted by Gasteiger charge is 2.17. The Labute approximate surface area is 202 Å². The van der Waals surface area contributed by atoms with Gasteiger partial charge in [-0.1, -0.05) is 41.6 Å². The van der Waals surface area contributed by atoms with Crippen molar-refractivity contribution in [2.24, 2.45) is 5.10 Å². The number of ether oxygens (including phenoxy) is 1. The number of nitrogens with zero attached hydrogens (tertiary/aromatic N) is 5. The average Bonchev–Trinajstić information content (AvgIpc) is 3.29. The van der Waals surface area contributed by atoms with Crippen LogP contribution in [0.25, 0.3) is 17.1 Å². The molecule has 34 heavy (non-hydrogen) atoms. The molecular formula is C25H24N6O2S. The Balaban J connectivity index is 1.50. The molecule has 2 aromatic carbocycles. The first-order chi connectivity index (χ1) is 16.6.